The molecule has 0 bridgehead atoms. The van der Waals surface area contributed by atoms with Crippen LogP contribution in [0.5, 0.6) is 5.75 Å². The Kier molecular flexibility index (Phi) is 8.80. The number of carbonyl (C=O) groups is 2. The Balaban J connectivity index is 1.58. The maximum atomic E-state index is 13.6. The first kappa shape index (κ1) is 28.3. The van der Waals surface area contributed by atoms with Crippen molar-refractivity contribution in [3.05, 3.63) is 120 Å². The number of ether oxygens (including phenoxy) is 1. The molecule has 2 amide bonds. The molecule has 0 aliphatic carbocycles. The summed E-state index contributed by atoms with van der Waals surface area (Å²) in [5.41, 5.74) is 1.43. The predicted molar refractivity (Wildman–Crippen MR) is 151 cm³/mol. The molecular formula is C30H28FN3O5S. The van der Waals surface area contributed by atoms with Crippen molar-refractivity contribution in [3.63, 3.8) is 0 Å². The molecule has 0 aromatic heterocycles. The van der Waals surface area contributed by atoms with Crippen LogP contribution in [0.4, 0.5) is 15.8 Å². The van der Waals surface area contributed by atoms with E-state index in [1.165, 1.54) is 43.5 Å². The molecule has 206 valence electrons. The summed E-state index contributed by atoms with van der Waals surface area (Å²) in [7, 11) is -2.78. The predicted octanol–water partition coefficient (Wildman–Crippen LogP) is 5.16. The minimum absolute atomic E-state index is 0.0832. The number of anilines is 2. The molecule has 4 aromatic rings. The molecule has 40 heavy (non-hydrogen) atoms. The number of amides is 2. The lowest BCUT2D eigenvalue weighted by Gasteiger charge is -2.24. The highest BCUT2D eigenvalue weighted by atomic mass is 32.2. The van der Waals surface area contributed by atoms with Crippen molar-refractivity contribution < 1.29 is 27.1 Å². The molecule has 0 unspecified atom stereocenters. The molecule has 0 saturated heterocycles. The van der Waals surface area contributed by atoms with Gasteiger partial charge in [-0.15, -0.1) is 0 Å². The lowest BCUT2D eigenvalue weighted by molar-refractivity contribution is -0.114. The number of nitrogens with one attached hydrogen (secondary N) is 2. The number of benzene rings is 4. The average Bonchev–Trinajstić information content (AvgIpc) is 2.97. The van der Waals surface area contributed by atoms with Crippen LogP contribution in [0.3, 0.4) is 0 Å². The highest BCUT2D eigenvalue weighted by Crippen LogP contribution is 2.26. The van der Waals surface area contributed by atoms with Gasteiger partial charge in [0.25, 0.3) is 15.9 Å². The van der Waals surface area contributed by atoms with E-state index in [4.69, 9.17) is 4.74 Å². The van der Waals surface area contributed by atoms with Gasteiger partial charge >= 0.3 is 0 Å². The highest BCUT2D eigenvalue weighted by molar-refractivity contribution is 7.92. The van der Waals surface area contributed by atoms with Gasteiger partial charge in [0.15, 0.2) is 0 Å². The van der Waals surface area contributed by atoms with Gasteiger partial charge in [-0.3, -0.25) is 13.9 Å². The number of carbonyl (C=O) groups excluding carboxylic acids is 2. The van der Waals surface area contributed by atoms with E-state index >= 15 is 0 Å². The number of halogens is 1. The van der Waals surface area contributed by atoms with Gasteiger partial charge in [-0.25, -0.2) is 12.8 Å². The van der Waals surface area contributed by atoms with Crippen LogP contribution >= 0.6 is 0 Å². The second kappa shape index (κ2) is 12.4. The lowest BCUT2D eigenvalue weighted by Crippen LogP contribution is -2.38. The van der Waals surface area contributed by atoms with Crippen LogP contribution in [-0.4, -0.2) is 33.9 Å². The maximum absolute atomic E-state index is 13.6. The van der Waals surface area contributed by atoms with E-state index in [2.05, 4.69) is 10.6 Å². The monoisotopic (exact) mass is 561 g/mol. The van der Waals surface area contributed by atoms with Gasteiger partial charge in [0.1, 0.15) is 18.1 Å². The lowest BCUT2D eigenvalue weighted by atomic mass is 10.1. The van der Waals surface area contributed by atoms with E-state index in [1.807, 2.05) is 37.3 Å². The molecule has 1 atom stereocenters. The molecule has 0 aliphatic rings. The summed E-state index contributed by atoms with van der Waals surface area (Å²) in [5, 5.41) is 5.57. The first-order valence-electron chi connectivity index (χ1n) is 12.4. The Morgan fingerprint density at radius 1 is 0.875 bits per heavy atom. The van der Waals surface area contributed by atoms with E-state index in [0.717, 1.165) is 22.0 Å². The normalized spacial score (nSPS) is 11.8. The number of nitrogens with zero attached hydrogens (tertiary/aromatic N) is 1. The van der Waals surface area contributed by atoms with Gasteiger partial charge in [-0.2, -0.15) is 0 Å². The van der Waals surface area contributed by atoms with Gasteiger partial charge in [0.05, 0.1) is 35.0 Å². The molecule has 8 nitrogen and oxygen atoms in total. The fourth-order valence-corrected chi connectivity index (χ4v) is 5.43. The van der Waals surface area contributed by atoms with E-state index in [1.54, 1.807) is 24.3 Å². The smallest absolute Gasteiger partial charge is 0.264 e. The van der Waals surface area contributed by atoms with Gasteiger partial charge in [0.2, 0.25) is 5.91 Å². The Morgan fingerprint density at radius 2 is 1.50 bits per heavy atom. The zero-order valence-corrected chi connectivity index (χ0v) is 22.7. The summed E-state index contributed by atoms with van der Waals surface area (Å²) < 4.78 is 46.8. The SMILES string of the molecule is COc1ccc(S(=O)(=O)N(CC(=O)Nc2ccccc2C(=O)N[C@H](C)c2ccccc2)c2ccc(F)cc2)cc1. The number of para-hydroxylation sites is 1. The molecule has 0 aliphatic heterocycles. The fraction of sp³-hybridized carbons (Fsp3) is 0.133. The second-order valence-corrected chi connectivity index (χ2v) is 10.7. The number of sulfonamides is 1. The molecule has 0 saturated carbocycles. The van der Waals surface area contributed by atoms with Crippen LogP contribution in [0, 0.1) is 5.82 Å². The van der Waals surface area contributed by atoms with Crippen LogP contribution in [0.25, 0.3) is 0 Å². The minimum Gasteiger partial charge on any atom is -0.497 e. The fourth-order valence-electron chi connectivity index (χ4n) is 4.01. The maximum Gasteiger partial charge on any atom is 0.264 e. The molecule has 4 aromatic carbocycles. The van der Waals surface area contributed by atoms with Crippen molar-refractivity contribution in [1.29, 1.82) is 0 Å². The Hall–Kier alpha value is -4.70. The molecular weight excluding hydrogens is 533 g/mol. The molecule has 0 heterocycles. The van der Waals surface area contributed by atoms with Crippen molar-refractivity contribution in [3.8, 4) is 5.75 Å². The summed E-state index contributed by atoms with van der Waals surface area (Å²) in [6, 6.07) is 26.0. The third-order valence-corrected chi connectivity index (χ3v) is 7.93. The third kappa shape index (κ3) is 6.65. The Labute approximate surface area is 232 Å². The third-order valence-electron chi connectivity index (χ3n) is 6.14. The summed E-state index contributed by atoms with van der Waals surface area (Å²) in [4.78, 5) is 26.2. The van der Waals surface area contributed by atoms with Crippen LogP contribution in [0.2, 0.25) is 0 Å². The standard InChI is InChI=1S/C30H28FN3O5S/c1-21(22-8-4-3-5-9-22)32-30(36)27-10-6-7-11-28(27)33-29(35)20-34(24-14-12-23(31)13-15-24)40(37,38)26-18-16-25(39-2)17-19-26/h3-19,21H,20H2,1-2H3,(H,32,36)(H,33,35)/t21-/m1/s1. The van der Waals surface area contributed by atoms with Crippen molar-refractivity contribution >= 4 is 33.2 Å². The quantitative estimate of drug-likeness (QED) is 0.278. The van der Waals surface area contributed by atoms with Gasteiger partial charge in [-0.1, -0.05) is 42.5 Å². The van der Waals surface area contributed by atoms with Crippen LogP contribution < -0.4 is 19.7 Å². The van der Waals surface area contributed by atoms with Gasteiger partial charge in [0, 0.05) is 0 Å². The minimum atomic E-state index is -4.24. The molecule has 0 spiro atoms. The highest BCUT2D eigenvalue weighted by Gasteiger charge is 2.28. The van der Waals surface area contributed by atoms with Crippen LogP contribution in [0.15, 0.2) is 108 Å². The van der Waals surface area contributed by atoms with E-state index in [0.29, 0.717) is 5.75 Å². The number of hydrogen-bond donors (Lipinski definition) is 2. The van der Waals surface area contributed by atoms with Crippen molar-refractivity contribution in [2.24, 2.45) is 0 Å². The molecule has 0 radical (unpaired) electrons. The summed E-state index contributed by atoms with van der Waals surface area (Å²) in [5.74, 6) is -1.20. The topological polar surface area (TPSA) is 105 Å². The Morgan fingerprint density at radius 3 is 2.15 bits per heavy atom. The van der Waals surface area contributed by atoms with Crippen molar-refractivity contribution in [2.45, 2.75) is 17.9 Å². The second-order valence-electron chi connectivity index (χ2n) is 8.86. The van der Waals surface area contributed by atoms with Crippen molar-refractivity contribution in [1.82, 2.24) is 5.32 Å². The van der Waals surface area contributed by atoms with Crippen molar-refractivity contribution in [2.75, 3.05) is 23.3 Å². The van der Waals surface area contributed by atoms with E-state index in [9.17, 15) is 22.4 Å². The largest absolute Gasteiger partial charge is 0.497 e. The molecule has 10 heteroatoms. The molecule has 2 N–H and O–H groups in total. The van der Waals surface area contributed by atoms with Crippen LogP contribution in [-0.2, 0) is 14.8 Å². The van der Waals surface area contributed by atoms with Crippen LogP contribution in [0.1, 0.15) is 28.9 Å². The zero-order chi connectivity index (χ0) is 28.7. The van der Waals surface area contributed by atoms with E-state index in [-0.39, 0.29) is 27.9 Å². The number of methoxy groups -OCH3 is 1. The van der Waals surface area contributed by atoms with Gasteiger partial charge < -0.3 is 15.4 Å². The summed E-state index contributed by atoms with van der Waals surface area (Å²) in [6.45, 7) is 1.22. The summed E-state index contributed by atoms with van der Waals surface area (Å²) >= 11 is 0. The molecule has 4 rings (SSSR count). The summed E-state index contributed by atoms with van der Waals surface area (Å²) in [6.07, 6.45) is 0. The first-order valence-corrected chi connectivity index (χ1v) is 13.8. The average molecular weight is 562 g/mol. The molecule has 0 fully saturated rings. The number of hydrogen-bond acceptors (Lipinski definition) is 5. The zero-order valence-electron chi connectivity index (χ0n) is 21.9. The van der Waals surface area contributed by atoms with Gasteiger partial charge in [-0.05, 0) is 73.2 Å². The Bertz CT molecular complexity index is 1580. The first-order chi connectivity index (χ1) is 19.2. The van der Waals surface area contributed by atoms with E-state index < -0.39 is 34.2 Å². The number of rotatable bonds is 10.